The summed E-state index contributed by atoms with van der Waals surface area (Å²) in [5.41, 5.74) is 7.78. The van der Waals surface area contributed by atoms with Gasteiger partial charge in [-0.2, -0.15) is 18.3 Å². The molecule has 10 nitrogen and oxygen atoms in total. The molecule has 0 fully saturated rings. The second kappa shape index (κ2) is 10.2. The SMILES string of the molecule is Cn1nccc1-c1cc(NC(=O)c2ccno2)ccc1OCCN.O=C(O)C(F)(F)F. The number of amides is 1. The van der Waals surface area contributed by atoms with E-state index in [-0.39, 0.29) is 11.7 Å². The maximum absolute atomic E-state index is 12.1. The zero-order valence-electron chi connectivity index (χ0n) is 16.1. The van der Waals surface area contributed by atoms with E-state index in [2.05, 4.69) is 15.6 Å². The molecule has 3 rings (SSSR count). The molecule has 0 aliphatic rings. The number of halogens is 3. The van der Waals surface area contributed by atoms with E-state index in [0.717, 1.165) is 11.3 Å². The number of ether oxygens (including phenoxy) is 1. The first-order chi connectivity index (χ1) is 14.6. The lowest BCUT2D eigenvalue weighted by atomic mass is 10.1. The first-order valence-corrected chi connectivity index (χ1v) is 8.61. The number of aromatic nitrogens is 3. The van der Waals surface area contributed by atoms with Gasteiger partial charge in [-0.05, 0) is 24.3 Å². The molecule has 0 radical (unpaired) electrons. The van der Waals surface area contributed by atoms with Crippen molar-refractivity contribution < 1.29 is 37.1 Å². The molecule has 0 saturated carbocycles. The fourth-order valence-electron chi connectivity index (χ4n) is 2.27. The molecule has 0 aliphatic carbocycles. The number of benzene rings is 1. The second-order valence-corrected chi connectivity index (χ2v) is 5.82. The van der Waals surface area contributed by atoms with Crippen molar-refractivity contribution in [3.8, 4) is 17.0 Å². The van der Waals surface area contributed by atoms with Gasteiger partial charge in [0.15, 0.2) is 0 Å². The molecule has 0 aliphatic heterocycles. The highest BCUT2D eigenvalue weighted by Crippen LogP contribution is 2.32. The van der Waals surface area contributed by atoms with Crippen LogP contribution in [0.3, 0.4) is 0 Å². The summed E-state index contributed by atoms with van der Waals surface area (Å²) in [5, 5.41) is 17.6. The molecule has 0 bridgehead atoms. The predicted molar refractivity (Wildman–Crippen MR) is 101 cm³/mol. The Labute approximate surface area is 173 Å². The van der Waals surface area contributed by atoms with E-state index in [4.69, 9.17) is 24.9 Å². The summed E-state index contributed by atoms with van der Waals surface area (Å²) in [6.45, 7) is 0.809. The van der Waals surface area contributed by atoms with Crippen molar-refractivity contribution in [2.75, 3.05) is 18.5 Å². The number of anilines is 1. The van der Waals surface area contributed by atoms with Gasteiger partial charge in [-0.1, -0.05) is 5.16 Å². The molecule has 0 spiro atoms. The summed E-state index contributed by atoms with van der Waals surface area (Å²) in [7, 11) is 1.84. The number of nitrogens with one attached hydrogen (secondary N) is 1. The van der Waals surface area contributed by atoms with Crippen LogP contribution in [0, 0.1) is 0 Å². The molecule has 166 valence electrons. The van der Waals surface area contributed by atoms with Crippen molar-refractivity contribution in [3.05, 3.63) is 48.5 Å². The molecular weight excluding hydrogens is 423 g/mol. The van der Waals surface area contributed by atoms with Gasteiger partial charge in [-0.3, -0.25) is 9.48 Å². The average molecular weight is 441 g/mol. The lowest BCUT2D eigenvalue weighted by molar-refractivity contribution is -0.192. The third kappa shape index (κ3) is 6.57. The van der Waals surface area contributed by atoms with Crippen molar-refractivity contribution >= 4 is 17.6 Å². The molecule has 2 aromatic heterocycles. The quantitative estimate of drug-likeness (QED) is 0.528. The number of nitrogens with two attached hydrogens (primary N) is 1. The van der Waals surface area contributed by atoms with Crippen molar-refractivity contribution in [2.45, 2.75) is 6.18 Å². The van der Waals surface area contributed by atoms with E-state index in [0.29, 0.717) is 24.6 Å². The third-order valence-electron chi connectivity index (χ3n) is 3.61. The molecule has 2 heterocycles. The number of hydrogen-bond acceptors (Lipinski definition) is 7. The van der Waals surface area contributed by atoms with E-state index in [1.165, 1.54) is 12.3 Å². The van der Waals surface area contributed by atoms with E-state index in [1.54, 1.807) is 23.0 Å². The maximum atomic E-state index is 12.1. The van der Waals surface area contributed by atoms with E-state index in [1.807, 2.05) is 19.2 Å². The number of carboxylic acids is 1. The van der Waals surface area contributed by atoms with Crippen LogP contribution in [0.15, 0.2) is 47.2 Å². The summed E-state index contributed by atoms with van der Waals surface area (Å²) in [6.07, 6.45) is -1.97. The highest BCUT2D eigenvalue weighted by atomic mass is 19.4. The minimum absolute atomic E-state index is 0.139. The summed E-state index contributed by atoms with van der Waals surface area (Å²) >= 11 is 0. The van der Waals surface area contributed by atoms with Gasteiger partial charge in [-0.25, -0.2) is 4.79 Å². The topological polar surface area (TPSA) is 146 Å². The normalized spacial score (nSPS) is 10.7. The van der Waals surface area contributed by atoms with Crippen molar-refractivity contribution in [1.82, 2.24) is 14.9 Å². The van der Waals surface area contributed by atoms with Gasteiger partial charge in [0.2, 0.25) is 5.76 Å². The monoisotopic (exact) mass is 441 g/mol. The summed E-state index contributed by atoms with van der Waals surface area (Å²) in [4.78, 5) is 21.0. The molecule has 4 N–H and O–H groups in total. The van der Waals surface area contributed by atoms with Gasteiger partial charge in [-0.15, -0.1) is 0 Å². The zero-order valence-corrected chi connectivity index (χ0v) is 16.1. The number of hydrogen-bond donors (Lipinski definition) is 3. The van der Waals surface area contributed by atoms with E-state index >= 15 is 0 Å². The molecule has 0 unspecified atom stereocenters. The van der Waals surface area contributed by atoms with Crippen LogP contribution in [0.1, 0.15) is 10.6 Å². The Kier molecular flexibility index (Phi) is 7.74. The van der Waals surface area contributed by atoms with Crippen LogP contribution in [0.25, 0.3) is 11.3 Å². The van der Waals surface area contributed by atoms with Gasteiger partial charge in [0.05, 0.1) is 11.9 Å². The van der Waals surface area contributed by atoms with E-state index < -0.39 is 12.1 Å². The summed E-state index contributed by atoms with van der Waals surface area (Å²) < 4.78 is 44.0. The standard InChI is InChI=1S/C16H17N5O3.C2HF3O2/c1-21-13(4-7-18-21)12-10-11(2-3-14(12)23-9-6-17)20-16(22)15-5-8-19-24-15;3-2(4,5)1(6)7/h2-5,7-8,10H,6,9,17H2,1H3,(H,20,22);(H,6,7). The van der Waals surface area contributed by atoms with Gasteiger partial charge in [0.1, 0.15) is 12.4 Å². The average Bonchev–Trinajstić information content (AvgIpc) is 3.38. The van der Waals surface area contributed by atoms with Crippen LogP contribution in [0.5, 0.6) is 5.75 Å². The molecule has 13 heteroatoms. The molecule has 1 amide bonds. The smallest absolute Gasteiger partial charge is 0.490 e. The number of aryl methyl sites for hydroxylation is 1. The predicted octanol–water partition coefficient (Wildman–Crippen LogP) is 2.30. The molecule has 31 heavy (non-hydrogen) atoms. The third-order valence-corrected chi connectivity index (χ3v) is 3.61. The molecule has 0 atom stereocenters. The van der Waals surface area contributed by atoms with Crippen molar-refractivity contribution in [1.29, 1.82) is 0 Å². The first kappa shape index (κ1) is 23.4. The summed E-state index contributed by atoms with van der Waals surface area (Å²) in [6, 6.07) is 8.72. The largest absolute Gasteiger partial charge is 0.492 e. The highest BCUT2D eigenvalue weighted by molar-refractivity contribution is 6.02. The number of carbonyl (C=O) groups is 2. The van der Waals surface area contributed by atoms with Crippen LogP contribution in [0.2, 0.25) is 0 Å². The number of carboxylic acid groups (broad SMARTS) is 1. The van der Waals surface area contributed by atoms with Gasteiger partial charge >= 0.3 is 12.1 Å². The number of rotatable bonds is 6. The Bertz CT molecular complexity index is 1020. The minimum Gasteiger partial charge on any atom is -0.492 e. The maximum Gasteiger partial charge on any atom is 0.490 e. The van der Waals surface area contributed by atoms with Crippen LogP contribution < -0.4 is 15.8 Å². The van der Waals surface area contributed by atoms with Crippen LogP contribution in [-0.2, 0) is 11.8 Å². The zero-order chi connectivity index (χ0) is 23.0. The Morgan fingerprint density at radius 3 is 2.48 bits per heavy atom. The highest BCUT2D eigenvalue weighted by Gasteiger charge is 2.38. The number of alkyl halides is 3. The van der Waals surface area contributed by atoms with Crippen molar-refractivity contribution in [3.63, 3.8) is 0 Å². The fourth-order valence-corrected chi connectivity index (χ4v) is 2.27. The van der Waals surface area contributed by atoms with Crippen molar-refractivity contribution in [2.24, 2.45) is 12.8 Å². The lowest BCUT2D eigenvalue weighted by Crippen LogP contribution is -2.21. The molecule has 1 aromatic carbocycles. The number of aliphatic carboxylic acids is 1. The molecule has 0 saturated heterocycles. The van der Waals surface area contributed by atoms with E-state index in [9.17, 15) is 18.0 Å². The van der Waals surface area contributed by atoms with Crippen LogP contribution >= 0.6 is 0 Å². The Morgan fingerprint density at radius 2 is 1.97 bits per heavy atom. The van der Waals surface area contributed by atoms with Gasteiger partial charge in [0, 0.05) is 37.1 Å². The summed E-state index contributed by atoms with van der Waals surface area (Å²) in [5.74, 6) is -2.33. The second-order valence-electron chi connectivity index (χ2n) is 5.82. The fraction of sp³-hybridized carbons (Fsp3) is 0.222. The minimum atomic E-state index is -5.08. The number of nitrogens with zero attached hydrogens (tertiary/aromatic N) is 3. The van der Waals surface area contributed by atoms with Crippen LogP contribution in [-0.4, -0.2) is 51.2 Å². The van der Waals surface area contributed by atoms with Crippen LogP contribution in [0.4, 0.5) is 18.9 Å². The Balaban J connectivity index is 0.000000423. The molecule has 3 aromatic rings. The number of carbonyl (C=O) groups excluding carboxylic acids is 1. The first-order valence-electron chi connectivity index (χ1n) is 8.61. The Morgan fingerprint density at radius 1 is 1.26 bits per heavy atom. The molecular formula is C18H18F3N5O5. The Hall–Kier alpha value is -3.87. The lowest BCUT2D eigenvalue weighted by Gasteiger charge is -2.13. The van der Waals surface area contributed by atoms with Gasteiger partial charge < -0.3 is 25.4 Å². The van der Waals surface area contributed by atoms with Gasteiger partial charge in [0.25, 0.3) is 5.91 Å².